The van der Waals surface area contributed by atoms with Gasteiger partial charge in [-0.15, -0.1) is 6.58 Å². The highest BCUT2D eigenvalue weighted by atomic mass is 16.3. The van der Waals surface area contributed by atoms with Gasteiger partial charge in [-0.1, -0.05) is 25.2 Å². The lowest BCUT2D eigenvalue weighted by Gasteiger charge is -2.21. The van der Waals surface area contributed by atoms with Crippen LogP contribution in [-0.2, 0) is 0 Å². The zero-order valence-electron chi connectivity index (χ0n) is 7.59. The van der Waals surface area contributed by atoms with Crippen LogP contribution >= 0.6 is 0 Å². The Morgan fingerprint density at radius 2 is 2.42 bits per heavy atom. The van der Waals surface area contributed by atoms with Gasteiger partial charge in [-0.3, -0.25) is 0 Å². The normalized spacial score (nSPS) is 47.0. The van der Waals surface area contributed by atoms with Crippen LogP contribution in [0.5, 0.6) is 0 Å². The summed E-state index contributed by atoms with van der Waals surface area (Å²) in [6.45, 7) is 9.94. The van der Waals surface area contributed by atoms with Crippen molar-refractivity contribution in [3.8, 4) is 0 Å². The maximum Gasteiger partial charge on any atom is 0.0814 e. The smallest absolute Gasteiger partial charge is 0.0814 e. The average molecular weight is 164 g/mol. The van der Waals surface area contributed by atoms with Crippen molar-refractivity contribution in [1.29, 1.82) is 0 Å². The van der Waals surface area contributed by atoms with E-state index in [0.29, 0.717) is 11.8 Å². The Bertz CT molecular complexity index is 243. The predicted molar refractivity (Wildman–Crippen MR) is 49.7 cm³/mol. The van der Waals surface area contributed by atoms with E-state index in [2.05, 4.69) is 20.1 Å². The molecule has 0 aromatic rings. The minimum Gasteiger partial charge on any atom is -0.388 e. The molecule has 0 aromatic carbocycles. The zero-order valence-corrected chi connectivity index (χ0v) is 7.59. The number of hydrogen-bond donors (Lipinski definition) is 1. The molecule has 4 unspecified atom stereocenters. The Morgan fingerprint density at radius 1 is 1.75 bits per heavy atom. The molecule has 12 heavy (non-hydrogen) atoms. The number of rotatable bonds is 2. The fraction of sp³-hybridized carbons (Fsp3) is 0.636. The molecule has 0 aromatic heterocycles. The van der Waals surface area contributed by atoms with Gasteiger partial charge in [0.15, 0.2) is 0 Å². The van der Waals surface area contributed by atoms with Gasteiger partial charge in [0.05, 0.1) is 6.10 Å². The van der Waals surface area contributed by atoms with Crippen LogP contribution in [0, 0.1) is 17.3 Å². The second-order valence-electron chi connectivity index (χ2n) is 4.28. The first-order chi connectivity index (χ1) is 5.63. The van der Waals surface area contributed by atoms with Crippen LogP contribution in [0.1, 0.15) is 19.8 Å². The topological polar surface area (TPSA) is 20.2 Å². The SMILES string of the molecule is C=CC(O)C12CC1CC(C)C2=C. The van der Waals surface area contributed by atoms with Crippen molar-refractivity contribution in [3.63, 3.8) is 0 Å². The number of aliphatic hydroxyl groups is 1. The van der Waals surface area contributed by atoms with E-state index in [1.165, 1.54) is 12.0 Å². The van der Waals surface area contributed by atoms with Gasteiger partial charge in [0, 0.05) is 5.41 Å². The molecule has 1 heteroatoms. The Balaban J connectivity index is 2.25. The van der Waals surface area contributed by atoms with Gasteiger partial charge >= 0.3 is 0 Å². The van der Waals surface area contributed by atoms with E-state index < -0.39 is 0 Å². The summed E-state index contributed by atoms with van der Waals surface area (Å²) in [4.78, 5) is 0. The van der Waals surface area contributed by atoms with Crippen molar-refractivity contribution in [2.75, 3.05) is 0 Å². The third kappa shape index (κ3) is 0.726. The van der Waals surface area contributed by atoms with Crippen LogP contribution in [0.15, 0.2) is 24.8 Å². The van der Waals surface area contributed by atoms with Crippen molar-refractivity contribution in [2.24, 2.45) is 17.3 Å². The summed E-state index contributed by atoms with van der Waals surface area (Å²) < 4.78 is 0. The van der Waals surface area contributed by atoms with E-state index >= 15 is 0 Å². The highest BCUT2D eigenvalue weighted by molar-refractivity contribution is 5.34. The van der Waals surface area contributed by atoms with Crippen molar-refractivity contribution in [2.45, 2.75) is 25.9 Å². The van der Waals surface area contributed by atoms with Crippen LogP contribution < -0.4 is 0 Å². The summed E-state index contributed by atoms with van der Waals surface area (Å²) >= 11 is 0. The summed E-state index contributed by atoms with van der Waals surface area (Å²) in [5.41, 5.74) is 1.29. The first kappa shape index (κ1) is 8.06. The molecule has 0 heterocycles. The number of fused-ring (bicyclic) bond motifs is 1. The molecular formula is C11H16O. The standard InChI is InChI=1S/C11H16O/c1-4-10(12)11-6-9(11)5-7(2)8(11)3/h4,7,9-10,12H,1,3,5-6H2,2H3. The van der Waals surface area contributed by atoms with Crippen LogP contribution in [0.25, 0.3) is 0 Å². The molecule has 2 saturated carbocycles. The fourth-order valence-electron chi connectivity index (χ4n) is 2.83. The molecule has 2 aliphatic rings. The summed E-state index contributed by atoms with van der Waals surface area (Å²) in [5, 5.41) is 9.77. The van der Waals surface area contributed by atoms with E-state index in [0.717, 1.165) is 6.42 Å². The molecule has 0 bridgehead atoms. The zero-order chi connectivity index (χ0) is 8.93. The highest BCUT2D eigenvalue weighted by Gasteiger charge is 2.64. The number of hydrogen-bond acceptors (Lipinski definition) is 1. The molecule has 0 radical (unpaired) electrons. The molecule has 1 N–H and O–H groups in total. The highest BCUT2D eigenvalue weighted by Crippen LogP contribution is 2.69. The maximum absolute atomic E-state index is 9.77. The van der Waals surface area contributed by atoms with Gasteiger partial charge in [-0.25, -0.2) is 0 Å². The lowest BCUT2D eigenvalue weighted by molar-refractivity contribution is 0.154. The van der Waals surface area contributed by atoms with Crippen molar-refractivity contribution in [1.82, 2.24) is 0 Å². The van der Waals surface area contributed by atoms with Gasteiger partial charge in [0.2, 0.25) is 0 Å². The number of aliphatic hydroxyl groups excluding tert-OH is 1. The van der Waals surface area contributed by atoms with E-state index in [-0.39, 0.29) is 11.5 Å². The van der Waals surface area contributed by atoms with Gasteiger partial charge in [0.25, 0.3) is 0 Å². The van der Waals surface area contributed by atoms with E-state index in [1.54, 1.807) is 6.08 Å². The average Bonchev–Trinajstić information content (AvgIpc) is 2.72. The van der Waals surface area contributed by atoms with Gasteiger partial charge in [-0.2, -0.15) is 0 Å². The summed E-state index contributed by atoms with van der Waals surface area (Å²) in [7, 11) is 0. The van der Waals surface area contributed by atoms with E-state index in [4.69, 9.17) is 0 Å². The fourth-order valence-corrected chi connectivity index (χ4v) is 2.83. The van der Waals surface area contributed by atoms with Gasteiger partial charge in [-0.05, 0) is 24.7 Å². The molecule has 2 rings (SSSR count). The third-order valence-corrected chi connectivity index (χ3v) is 3.73. The molecule has 4 atom stereocenters. The predicted octanol–water partition coefficient (Wildman–Crippen LogP) is 2.14. The third-order valence-electron chi connectivity index (χ3n) is 3.73. The first-order valence-electron chi connectivity index (χ1n) is 4.63. The summed E-state index contributed by atoms with van der Waals surface area (Å²) in [6.07, 6.45) is 3.64. The molecule has 2 fully saturated rings. The summed E-state index contributed by atoms with van der Waals surface area (Å²) in [6, 6.07) is 0. The van der Waals surface area contributed by atoms with Gasteiger partial charge < -0.3 is 5.11 Å². The van der Waals surface area contributed by atoms with Crippen LogP contribution in [-0.4, -0.2) is 11.2 Å². The summed E-state index contributed by atoms with van der Waals surface area (Å²) in [5.74, 6) is 1.28. The Hall–Kier alpha value is -0.560. The van der Waals surface area contributed by atoms with Crippen molar-refractivity contribution >= 4 is 0 Å². The Kier molecular flexibility index (Phi) is 1.50. The quantitative estimate of drug-likeness (QED) is 0.620. The lowest BCUT2D eigenvalue weighted by atomic mass is 9.88. The molecule has 2 aliphatic carbocycles. The minimum atomic E-state index is -0.361. The monoisotopic (exact) mass is 164 g/mol. The Labute approximate surface area is 73.8 Å². The van der Waals surface area contributed by atoms with Crippen molar-refractivity contribution < 1.29 is 5.11 Å². The largest absolute Gasteiger partial charge is 0.388 e. The van der Waals surface area contributed by atoms with E-state index in [9.17, 15) is 5.11 Å². The molecule has 0 saturated heterocycles. The maximum atomic E-state index is 9.77. The first-order valence-corrected chi connectivity index (χ1v) is 4.63. The van der Waals surface area contributed by atoms with Crippen LogP contribution in [0.3, 0.4) is 0 Å². The van der Waals surface area contributed by atoms with Crippen LogP contribution in [0.2, 0.25) is 0 Å². The van der Waals surface area contributed by atoms with E-state index in [1.807, 2.05) is 0 Å². The molecule has 0 aliphatic heterocycles. The molecule has 1 nitrogen and oxygen atoms in total. The van der Waals surface area contributed by atoms with Gasteiger partial charge in [0.1, 0.15) is 0 Å². The molecule has 66 valence electrons. The minimum absolute atomic E-state index is 0.0428. The van der Waals surface area contributed by atoms with Crippen LogP contribution in [0.4, 0.5) is 0 Å². The second kappa shape index (κ2) is 2.23. The molecule has 0 spiro atoms. The molecular weight excluding hydrogens is 148 g/mol. The Morgan fingerprint density at radius 3 is 2.83 bits per heavy atom. The lowest BCUT2D eigenvalue weighted by Crippen LogP contribution is -2.21. The molecule has 0 amide bonds. The second-order valence-corrected chi connectivity index (χ2v) is 4.28. The van der Waals surface area contributed by atoms with Crippen molar-refractivity contribution in [3.05, 3.63) is 24.8 Å².